The van der Waals surface area contributed by atoms with Crippen molar-refractivity contribution in [3.8, 4) is 0 Å². The Morgan fingerprint density at radius 1 is 1.25 bits per heavy atom. The maximum atomic E-state index is 11.7. The maximum Gasteiger partial charge on any atom is 0.324 e. The number of rotatable bonds is 6. The minimum absolute atomic E-state index is 0.0150. The molecule has 1 heterocycles. The van der Waals surface area contributed by atoms with Crippen molar-refractivity contribution < 1.29 is 19.5 Å². The molecule has 0 saturated heterocycles. The van der Waals surface area contributed by atoms with Crippen LogP contribution in [0.15, 0.2) is 24.5 Å². The molecule has 1 aromatic rings. The molecular weight excluding hydrogens is 262 g/mol. The molecule has 20 heavy (non-hydrogen) atoms. The van der Waals surface area contributed by atoms with Crippen LogP contribution in [0.5, 0.6) is 0 Å². The van der Waals surface area contributed by atoms with Crippen LogP contribution in [-0.2, 0) is 16.1 Å². The number of carbonyl (C=O) groups is 3. The predicted molar refractivity (Wildman–Crippen MR) is 70.7 cm³/mol. The molecule has 0 aliphatic heterocycles. The van der Waals surface area contributed by atoms with E-state index in [0.29, 0.717) is 6.54 Å². The van der Waals surface area contributed by atoms with Gasteiger partial charge in [-0.25, -0.2) is 4.79 Å². The van der Waals surface area contributed by atoms with Crippen LogP contribution in [0.25, 0.3) is 0 Å². The minimum Gasteiger partial charge on any atom is -0.481 e. The Bertz CT molecular complexity index is 476. The number of carboxylic acids is 1. The van der Waals surface area contributed by atoms with Crippen molar-refractivity contribution in [2.24, 2.45) is 0 Å². The number of nitrogens with one attached hydrogen (secondary N) is 1. The largest absolute Gasteiger partial charge is 0.481 e. The first kappa shape index (κ1) is 15.6. The molecule has 1 aromatic heterocycles. The normalized spacial score (nSPS) is 9.85. The van der Waals surface area contributed by atoms with E-state index < -0.39 is 17.9 Å². The van der Waals surface area contributed by atoms with Gasteiger partial charge in [0, 0.05) is 38.8 Å². The molecule has 0 atom stereocenters. The number of pyridine rings is 1. The smallest absolute Gasteiger partial charge is 0.324 e. The third-order valence-electron chi connectivity index (χ3n) is 2.56. The maximum absolute atomic E-state index is 11.7. The van der Waals surface area contributed by atoms with E-state index in [0.717, 1.165) is 5.56 Å². The van der Waals surface area contributed by atoms with Crippen molar-refractivity contribution >= 4 is 17.9 Å². The highest BCUT2D eigenvalue weighted by Crippen LogP contribution is 2.01. The van der Waals surface area contributed by atoms with Gasteiger partial charge in [0.1, 0.15) is 0 Å². The lowest BCUT2D eigenvalue weighted by Crippen LogP contribution is -2.40. The molecule has 0 spiro atoms. The van der Waals surface area contributed by atoms with Crippen LogP contribution in [0.2, 0.25) is 0 Å². The lowest BCUT2D eigenvalue weighted by atomic mass is 10.2. The summed E-state index contributed by atoms with van der Waals surface area (Å²) in [5.41, 5.74) is 0.899. The monoisotopic (exact) mass is 279 g/mol. The van der Waals surface area contributed by atoms with Crippen LogP contribution in [0, 0.1) is 0 Å². The number of carboxylic acid groups (broad SMARTS) is 1. The lowest BCUT2D eigenvalue weighted by molar-refractivity contribution is -0.137. The first-order valence-corrected chi connectivity index (χ1v) is 6.14. The van der Waals surface area contributed by atoms with E-state index in [9.17, 15) is 14.4 Å². The van der Waals surface area contributed by atoms with Gasteiger partial charge in [-0.2, -0.15) is 0 Å². The molecule has 0 unspecified atom stereocenters. The number of carbonyl (C=O) groups excluding carboxylic acids is 2. The van der Waals surface area contributed by atoms with Gasteiger partial charge < -0.3 is 10.0 Å². The Morgan fingerprint density at radius 3 is 2.50 bits per heavy atom. The number of hydrogen-bond donors (Lipinski definition) is 2. The molecular formula is C13H17N3O4. The summed E-state index contributed by atoms with van der Waals surface area (Å²) in [6, 6.07) is 3.04. The van der Waals surface area contributed by atoms with Crippen LogP contribution in [0.1, 0.15) is 24.8 Å². The third-order valence-corrected chi connectivity index (χ3v) is 2.56. The second-order valence-electron chi connectivity index (χ2n) is 4.31. The zero-order chi connectivity index (χ0) is 15.0. The highest BCUT2D eigenvalue weighted by Gasteiger charge is 2.13. The summed E-state index contributed by atoms with van der Waals surface area (Å²) in [4.78, 5) is 38.7. The number of aliphatic carboxylic acids is 1. The molecule has 3 amide bonds. The molecule has 7 heteroatoms. The van der Waals surface area contributed by atoms with Gasteiger partial charge >= 0.3 is 12.0 Å². The van der Waals surface area contributed by atoms with Gasteiger partial charge in [-0.3, -0.25) is 19.9 Å². The van der Waals surface area contributed by atoms with Crippen molar-refractivity contribution in [2.45, 2.75) is 25.8 Å². The quantitative estimate of drug-likeness (QED) is 0.809. The second kappa shape index (κ2) is 7.88. The number of urea groups is 1. The van der Waals surface area contributed by atoms with E-state index in [2.05, 4.69) is 10.3 Å². The molecule has 108 valence electrons. The summed E-state index contributed by atoms with van der Waals surface area (Å²) >= 11 is 0. The Balaban J connectivity index is 2.34. The molecule has 0 aliphatic rings. The van der Waals surface area contributed by atoms with Crippen molar-refractivity contribution in [3.63, 3.8) is 0 Å². The van der Waals surface area contributed by atoms with Gasteiger partial charge in [0.05, 0.1) is 0 Å². The van der Waals surface area contributed by atoms with E-state index in [4.69, 9.17) is 5.11 Å². The summed E-state index contributed by atoms with van der Waals surface area (Å²) < 4.78 is 0. The summed E-state index contributed by atoms with van der Waals surface area (Å²) in [5.74, 6) is -1.43. The number of imide groups is 1. The van der Waals surface area contributed by atoms with E-state index in [1.54, 1.807) is 31.6 Å². The number of hydrogen-bond acceptors (Lipinski definition) is 4. The molecule has 0 saturated carbocycles. The van der Waals surface area contributed by atoms with Gasteiger partial charge in [-0.1, -0.05) is 0 Å². The second-order valence-corrected chi connectivity index (χ2v) is 4.31. The SMILES string of the molecule is CN(Cc1ccncc1)C(=O)NC(=O)CCCC(=O)O. The van der Waals surface area contributed by atoms with E-state index in [-0.39, 0.29) is 19.3 Å². The Kier molecular flexibility index (Phi) is 6.15. The average molecular weight is 279 g/mol. The summed E-state index contributed by atoms with van der Waals surface area (Å²) in [6.45, 7) is 0.358. The van der Waals surface area contributed by atoms with E-state index in [1.807, 2.05) is 0 Å². The van der Waals surface area contributed by atoms with Crippen LogP contribution < -0.4 is 5.32 Å². The third kappa shape index (κ3) is 5.94. The minimum atomic E-state index is -0.959. The summed E-state index contributed by atoms with van der Waals surface area (Å²) in [6.07, 6.45) is 3.38. The Morgan fingerprint density at radius 2 is 1.90 bits per heavy atom. The first-order chi connectivity index (χ1) is 9.49. The van der Waals surface area contributed by atoms with Crippen LogP contribution in [0.4, 0.5) is 4.79 Å². The molecule has 0 bridgehead atoms. The van der Waals surface area contributed by atoms with Gasteiger partial charge in [0.15, 0.2) is 0 Å². The first-order valence-electron chi connectivity index (χ1n) is 6.14. The Labute approximate surface area is 116 Å². The molecule has 7 nitrogen and oxygen atoms in total. The van der Waals surface area contributed by atoms with Crippen molar-refractivity contribution in [1.29, 1.82) is 0 Å². The van der Waals surface area contributed by atoms with Crippen LogP contribution >= 0.6 is 0 Å². The standard InChI is InChI=1S/C13H17N3O4/c1-16(9-10-5-7-14-8-6-10)13(20)15-11(17)3-2-4-12(18)19/h5-8H,2-4,9H2,1H3,(H,18,19)(H,15,17,20). The molecule has 0 aromatic carbocycles. The average Bonchev–Trinajstić information content (AvgIpc) is 2.39. The molecule has 0 aliphatic carbocycles. The molecule has 0 fully saturated rings. The van der Waals surface area contributed by atoms with Gasteiger partial charge in [0.2, 0.25) is 5.91 Å². The highest BCUT2D eigenvalue weighted by molar-refractivity contribution is 5.94. The fourth-order valence-electron chi connectivity index (χ4n) is 1.51. The predicted octanol–water partition coefficient (Wildman–Crippen LogP) is 1.00. The van der Waals surface area contributed by atoms with E-state index >= 15 is 0 Å². The molecule has 2 N–H and O–H groups in total. The van der Waals surface area contributed by atoms with Crippen LogP contribution in [-0.4, -0.2) is 39.9 Å². The van der Waals surface area contributed by atoms with Crippen LogP contribution in [0.3, 0.4) is 0 Å². The summed E-state index contributed by atoms with van der Waals surface area (Å²) in [5, 5.41) is 10.7. The van der Waals surface area contributed by atoms with E-state index in [1.165, 1.54) is 4.90 Å². The van der Waals surface area contributed by atoms with Crippen molar-refractivity contribution in [2.75, 3.05) is 7.05 Å². The topological polar surface area (TPSA) is 99.6 Å². The lowest BCUT2D eigenvalue weighted by Gasteiger charge is -2.17. The number of amides is 3. The number of nitrogens with zero attached hydrogens (tertiary/aromatic N) is 2. The number of aromatic nitrogens is 1. The highest BCUT2D eigenvalue weighted by atomic mass is 16.4. The fourth-order valence-corrected chi connectivity index (χ4v) is 1.51. The van der Waals surface area contributed by atoms with Gasteiger partial charge in [-0.15, -0.1) is 0 Å². The molecule has 0 radical (unpaired) electrons. The Hall–Kier alpha value is -2.44. The fraction of sp³-hybridized carbons (Fsp3) is 0.385. The zero-order valence-corrected chi connectivity index (χ0v) is 11.2. The summed E-state index contributed by atoms with van der Waals surface area (Å²) in [7, 11) is 1.57. The zero-order valence-electron chi connectivity index (χ0n) is 11.2. The molecule has 1 rings (SSSR count). The van der Waals surface area contributed by atoms with Crippen molar-refractivity contribution in [3.05, 3.63) is 30.1 Å². The van der Waals surface area contributed by atoms with Gasteiger partial charge in [0.25, 0.3) is 0 Å². The van der Waals surface area contributed by atoms with Gasteiger partial charge in [-0.05, 0) is 24.1 Å². The van der Waals surface area contributed by atoms with Crippen molar-refractivity contribution in [1.82, 2.24) is 15.2 Å².